The third-order valence-electron chi connectivity index (χ3n) is 0.998. The standard InChI is InChI=1S/C5H6N2O2.CH3NO2/c8-5-3-1-2-4-7(5)6-9;2-1(3)4/h1-5,8H;2H2,(H,3,4). The summed E-state index contributed by atoms with van der Waals surface area (Å²) in [6.07, 6.45) is 3.90. The van der Waals surface area contributed by atoms with Gasteiger partial charge < -0.3 is 15.9 Å². The van der Waals surface area contributed by atoms with Crippen LogP contribution in [0.1, 0.15) is 0 Å². The molecule has 0 aromatic heterocycles. The van der Waals surface area contributed by atoms with Crippen LogP contribution in [0.15, 0.2) is 29.7 Å². The third kappa shape index (κ3) is 5.39. The number of aliphatic hydroxyl groups excluding tert-OH is 1. The van der Waals surface area contributed by atoms with E-state index in [0.29, 0.717) is 0 Å². The van der Waals surface area contributed by atoms with Crippen LogP contribution in [0.4, 0.5) is 4.79 Å². The van der Waals surface area contributed by atoms with Crippen LogP contribution in [-0.4, -0.2) is 27.5 Å². The van der Waals surface area contributed by atoms with Gasteiger partial charge in [0.2, 0.25) is 0 Å². The molecule has 1 unspecified atom stereocenters. The van der Waals surface area contributed by atoms with Crippen molar-refractivity contribution in [3.8, 4) is 0 Å². The highest BCUT2D eigenvalue weighted by Crippen LogP contribution is 2.04. The maximum Gasteiger partial charge on any atom is 0.402 e. The molecule has 1 heterocycles. The van der Waals surface area contributed by atoms with Crippen molar-refractivity contribution in [2.75, 3.05) is 0 Å². The number of aliphatic hydroxyl groups is 1. The molecule has 0 spiro atoms. The molecule has 0 aromatic carbocycles. The maximum absolute atomic E-state index is 9.80. The highest BCUT2D eigenvalue weighted by atomic mass is 16.4. The van der Waals surface area contributed by atoms with Gasteiger partial charge in [-0.1, -0.05) is 6.08 Å². The van der Waals surface area contributed by atoms with Crippen LogP contribution < -0.4 is 5.73 Å². The molecule has 1 aliphatic heterocycles. The summed E-state index contributed by atoms with van der Waals surface area (Å²) < 4.78 is 0. The first-order valence-electron chi connectivity index (χ1n) is 3.21. The van der Waals surface area contributed by atoms with Crippen molar-refractivity contribution in [2.45, 2.75) is 6.23 Å². The summed E-state index contributed by atoms with van der Waals surface area (Å²) in [5.74, 6) is 0. The van der Waals surface area contributed by atoms with Gasteiger partial charge in [-0.25, -0.2) is 9.80 Å². The first kappa shape index (κ1) is 11.1. The molecule has 0 saturated carbocycles. The molecule has 0 radical (unpaired) electrons. The summed E-state index contributed by atoms with van der Waals surface area (Å²) in [5, 5.41) is 19.5. The molecule has 1 amide bonds. The highest BCUT2D eigenvalue weighted by Gasteiger charge is 2.08. The van der Waals surface area contributed by atoms with E-state index < -0.39 is 12.3 Å². The van der Waals surface area contributed by atoms with Gasteiger partial charge in [0.05, 0.1) is 5.29 Å². The van der Waals surface area contributed by atoms with Crippen molar-refractivity contribution in [3.63, 3.8) is 0 Å². The number of carbonyl (C=O) groups is 1. The van der Waals surface area contributed by atoms with E-state index in [4.69, 9.17) is 15.0 Å². The Labute approximate surface area is 73.7 Å². The molecule has 1 atom stereocenters. The number of amides is 1. The lowest BCUT2D eigenvalue weighted by molar-refractivity contribution is 0.0786. The lowest BCUT2D eigenvalue weighted by atomic mass is 10.4. The van der Waals surface area contributed by atoms with E-state index in [1.165, 1.54) is 12.3 Å². The molecule has 72 valence electrons. The number of carboxylic acid groups (broad SMARTS) is 1. The average Bonchev–Trinajstić information content (AvgIpc) is 2.04. The number of nitroso groups, excluding NO2 is 1. The second-order valence-corrected chi connectivity index (χ2v) is 1.94. The van der Waals surface area contributed by atoms with Gasteiger partial charge in [0.15, 0.2) is 6.23 Å². The molecule has 7 heteroatoms. The topological polar surface area (TPSA) is 116 Å². The van der Waals surface area contributed by atoms with Crippen LogP contribution in [0.3, 0.4) is 0 Å². The number of nitrogens with zero attached hydrogens (tertiary/aromatic N) is 2. The Morgan fingerprint density at radius 3 is 2.38 bits per heavy atom. The molecule has 0 saturated heterocycles. The molecule has 0 bridgehead atoms. The van der Waals surface area contributed by atoms with Gasteiger partial charge in [-0.15, -0.1) is 4.91 Å². The summed E-state index contributed by atoms with van der Waals surface area (Å²) in [6.45, 7) is 0. The quantitative estimate of drug-likeness (QED) is 0.499. The molecule has 0 aromatic rings. The fraction of sp³-hybridized carbons (Fsp3) is 0.167. The lowest BCUT2D eigenvalue weighted by Crippen LogP contribution is -2.24. The predicted octanol–water partition coefficient (Wildman–Crippen LogP) is -0.00520. The van der Waals surface area contributed by atoms with Crippen molar-refractivity contribution in [1.82, 2.24) is 5.01 Å². The van der Waals surface area contributed by atoms with E-state index >= 15 is 0 Å². The Morgan fingerprint density at radius 2 is 2.08 bits per heavy atom. The lowest BCUT2D eigenvalue weighted by Gasteiger charge is -2.15. The zero-order chi connectivity index (χ0) is 10.3. The largest absolute Gasteiger partial charge is 0.465 e. The zero-order valence-electron chi connectivity index (χ0n) is 6.57. The summed E-state index contributed by atoms with van der Waals surface area (Å²) in [6, 6.07) is 0. The molecule has 13 heavy (non-hydrogen) atoms. The van der Waals surface area contributed by atoms with Crippen molar-refractivity contribution in [1.29, 1.82) is 0 Å². The minimum Gasteiger partial charge on any atom is -0.465 e. The first-order valence-corrected chi connectivity index (χ1v) is 3.21. The fourth-order valence-corrected chi connectivity index (χ4v) is 0.553. The molecule has 1 rings (SSSR count). The molecule has 4 N–H and O–H groups in total. The van der Waals surface area contributed by atoms with Gasteiger partial charge in [0.25, 0.3) is 0 Å². The Morgan fingerprint density at radius 1 is 1.54 bits per heavy atom. The van der Waals surface area contributed by atoms with Gasteiger partial charge in [-0.05, 0) is 12.2 Å². The number of hydrogen-bond donors (Lipinski definition) is 3. The van der Waals surface area contributed by atoms with Crippen LogP contribution in [0.25, 0.3) is 0 Å². The van der Waals surface area contributed by atoms with Crippen LogP contribution in [0.2, 0.25) is 0 Å². The number of primary amides is 1. The Hall–Kier alpha value is -1.89. The monoisotopic (exact) mass is 187 g/mol. The third-order valence-corrected chi connectivity index (χ3v) is 0.998. The van der Waals surface area contributed by atoms with Gasteiger partial charge >= 0.3 is 6.09 Å². The molecular weight excluding hydrogens is 178 g/mol. The minimum atomic E-state index is -1.33. The predicted molar refractivity (Wildman–Crippen MR) is 44.1 cm³/mol. The van der Waals surface area contributed by atoms with Crippen molar-refractivity contribution in [3.05, 3.63) is 29.3 Å². The highest BCUT2D eigenvalue weighted by molar-refractivity contribution is 5.61. The van der Waals surface area contributed by atoms with E-state index in [9.17, 15) is 4.91 Å². The van der Waals surface area contributed by atoms with Gasteiger partial charge in [0, 0.05) is 6.20 Å². The van der Waals surface area contributed by atoms with Crippen molar-refractivity contribution in [2.24, 2.45) is 11.0 Å². The second-order valence-electron chi connectivity index (χ2n) is 1.94. The van der Waals surface area contributed by atoms with E-state index in [2.05, 4.69) is 11.0 Å². The average molecular weight is 187 g/mol. The molecular formula is C6H9N3O4. The van der Waals surface area contributed by atoms with Crippen LogP contribution in [0.5, 0.6) is 0 Å². The summed E-state index contributed by atoms with van der Waals surface area (Å²) in [7, 11) is 0. The Balaban J connectivity index is 0.000000310. The molecule has 0 fully saturated rings. The van der Waals surface area contributed by atoms with Crippen LogP contribution in [0, 0.1) is 4.91 Å². The molecule has 0 aliphatic carbocycles. The summed E-state index contributed by atoms with van der Waals surface area (Å²) in [5.41, 5.74) is 4.03. The van der Waals surface area contributed by atoms with E-state index in [-0.39, 0.29) is 0 Å². The molecule has 7 nitrogen and oxygen atoms in total. The number of nitrogens with two attached hydrogens (primary N) is 1. The normalized spacial score (nSPS) is 18.8. The SMILES string of the molecule is NC(=O)O.O=NN1C=CC=CC1O. The van der Waals surface area contributed by atoms with Gasteiger partial charge in [-0.3, -0.25) is 0 Å². The van der Waals surface area contributed by atoms with Crippen LogP contribution in [-0.2, 0) is 0 Å². The number of allylic oxidation sites excluding steroid dienone is 2. The molecule has 1 aliphatic rings. The second kappa shape index (κ2) is 5.72. The summed E-state index contributed by atoms with van der Waals surface area (Å²) in [4.78, 5) is 18.6. The number of hydrogen-bond acceptors (Lipinski definition) is 4. The van der Waals surface area contributed by atoms with E-state index in [1.54, 1.807) is 12.2 Å². The van der Waals surface area contributed by atoms with Crippen LogP contribution >= 0.6 is 0 Å². The van der Waals surface area contributed by atoms with E-state index in [1.807, 2.05) is 0 Å². The van der Waals surface area contributed by atoms with Gasteiger partial charge in [-0.2, -0.15) is 0 Å². The first-order chi connectivity index (χ1) is 6.07. The summed E-state index contributed by atoms with van der Waals surface area (Å²) >= 11 is 0. The Kier molecular flexibility index (Phi) is 4.89. The van der Waals surface area contributed by atoms with E-state index in [0.717, 1.165) is 5.01 Å². The maximum atomic E-state index is 9.80. The van der Waals surface area contributed by atoms with Gasteiger partial charge in [0.1, 0.15) is 0 Å². The smallest absolute Gasteiger partial charge is 0.402 e. The fourth-order valence-electron chi connectivity index (χ4n) is 0.553. The number of rotatable bonds is 1. The minimum absolute atomic E-state index is 0.896. The Bertz CT molecular complexity index is 234. The zero-order valence-corrected chi connectivity index (χ0v) is 6.57. The van der Waals surface area contributed by atoms with Crippen molar-refractivity contribution >= 4 is 6.09 Å². The van der Waals surface area contributed by atoms with Crippen molar-refractivity contribution < 1.29 is 15.0 Å².